The van der Waals surface area contributed by atoms with Gasteiger partial charge in [0, 0.05) is 24.0 Å². The van der Waals surface area contributed by atoms with Crippen LogP contribution in [0.5, 0.6) is 0 Å². The highest BCUT2D eigenvalue weighted by atomic mass is 32.1. The number of hydrogen-bond donors (Lipinski definition) is 1. The molecule has 1 spiro atoms. The summed E-state index contributed by atoms with van der Waals surface area (Å²) in [7, 11) is 0. The molecule has 130 valence electrons. The molecule has 1 unspecified atom stereocenters. The van der Waals surface area contributed by atoms with Gasteiger partial charge in [0.2, 0.25) is 0 Å². The standard InChI is InChI=1S/C19H20N2O3S/c1-12-4-2-3-5-13(12)16-20-15(11-25-16)17(22)21-8-6-19(7-9-21)10-14(19)18(23)24/h2-5,11,14H,6-10H2,1H3,(H,23,24). The lowest BCUT2D eigenvalue weighted by atomic mass is 9.90. The number of nitrogens with zero attached hydrogens (tertiary/aromatic N) is 2. The molecule has 0 bridgehead atoms. The zero-order valence-electron chi connectivity index (χ0n) is 14.1. The van der Waals surface area contributed by atoms with E-state index in [4.69, 9.17) is 5.11 Å². The fourth-order valence-electron chi connectivity index (χ4n) is 3.88. The lowest BCUT2D eigenvalue weighted by Crippen LogP contribution is -2.40. The predicted octanol–water partition coefficient (Wildman–Crippen LogP) is 3.45. The highest BCUT2D eigenvalue weighted by Gasteiger charge is 2.59. The number of carbonyl (C=O) groups is 2. The number of aromatic nitrogens is 1. The molecular weight excluding hydrogens is 336 g/mol. The Morgan fingerprint density at radius 1 is 1.28 bits per heavy atom. The molecule has 1 saturated carbocycles. The molecule has 2 fully saturated rings. The van der Waals surface area contributed by atoms with E-state index in [1.807, 2.05) is 41.5 Å². The van der Waals surface area contributed by atoms with Gasteiger partial charge in [0.05, 0.1) is 5.92 Å². The molecule has 2 aromatic rings. The van der Waals surface area contributed by atoms with Crippen LogP contribution < -0.4 is 0 Å². The van der Waals surface area contributed by atoms with Crippen molar-refractivity contribution in [2.45, 2.75) is 26.2 Å². The molecule has 0 radical (unpaired) electrons. The lowest BCUT2D eigenvalue weighted by molar-refractivity contribution is -0.139. The molecule has 1 atom stereocenters. The van der Waals surface area contributed by atoms with Gasteiger partial charge in [-0.3, -0.25) is 9.59 Å². The van der Waals surface area contributed by atoms with Crippen molar-refractivity contribution in [3.8, 4) is 10.6 Å². The number of carboxylic acids is 1. The molecule has 2 heterocycles. The fourth-order valence-corrected chi connectivity index (χ4v) is 4.76. The highest BCUT2D eigenvalue weighted by molar-refractivity contribution is 7.13. The van der Waals surface area contributed by atoms with E-state index in [-0.39, 0.29) is 17.2 Å². The first-order valence-corrected chi connectivity index (χ1v) is 9.42. The van der Waals surface area contributed by atoms with Gasteiger partial charge in [-0.25, -0.2) is 4.98 Å². The number of aliphatic carboxylic acids is 1. The number of aryl methyl sites for hydroxylation is 1. The van der Waals surface area contributed by atoms with Gasteiger partial charge in [0.25, 0.3) is 5.91 Å². The summed E-state index contributed by atoms with van der Waals surface area (Å²) in [6, 6.07) is 8.02. The number of thiazole rings is 1. The van der Waals surface area contributed by atoms with Gasteiger partial charge in [-0.2, -0.15) is 0 Å². The van der Waals surface area contributed by atoms with Crippen LogP contribution in [-0.2, 0) is 4.79 Å². The molecular formula is C19H20N2O3S. The Labute approximate surface area is 150 Å². The van der Waals surface area contributed by atoms with Crippen molar-refractivity contribution in [1.29, 1.82) is 0 Å². The van der Waals surface area contributed by atoms with Gasteiger partial charge in [-0.15, -0.1) is 11.3 Å². The first-order valence-electron chi connectivity index (χ1n) is 8.54. The van der Waals surface area contributed by atoms with Crippen LogP contribution >= 0.6 is 11.3 Å². The average Bonchev–Trinajstić information content (AvgIpc) is 3.09. The smallest absolute Gasteiger partial charge is 0.307 e. The molecule has 1 amide bonds. The summed E-state index contributed by atoms with van der Waals surface area (Å²) in [6.45, 7) is 3.29. The zero-order valence-corrected chi connectivity index (χ0v) is 14.9. The third-order valence-electron chi connectivity index (χ3n) is 5.63. The molecule has 2 aliphatic rings. The van der Waals surface area contributed by atoms with Crippen LogP contribution in [0.1, 0.15) is 35.3 Å². The second-order valence-corrected chi connectivity index (χ2v) is 7.96. The number of carboxylic acid groups (broad SMARTS) is 1. The minimum Gasteiger partial charge on any atom is -0.481 e. The SMILES string of the molecule is Cc1ccccc1-c1nc(C(=O)N2CCC3(CC2)CC3C(=O)O)cs1. The number of amides is 1. The van der Waals surface area contributed by atoms with Crippen LogP contribution in [0.25, 0.3) is 10.6 Å². The summed E-state index contributed by atoms with van der Waals surface area (Å²) in [5.41, 5.74) is 2.64. The van der Waals surface area contributed by atoms with E-state index in [9.17, 15) is 9.59 Å². The van der Waals surface area contributed by atoms with E-state index in [2.05, 4.69) is 4.98 Å². The molecule has 4 rings (SSSR count). The maximum Gasteiger partial charge on any atom is 0.307 e. The zero-order chi connectivity index (χ0) is 17.6. The van der Waals surface area contributed by atoms with Crippen LogP contribution in [0.4, 0.5) is 0 Å². The van der Waals surface area contributed by atoms with Gasteiger partial charge < -0.3 is 10.0 Å². The van der Waals surface area contributed by atoms with Crippen LogP contribution in [0.3, 0.4) is 0 Å². The number of hydrogen-bond acceptors (Lipinski definition) is 4. The highest BCUT2D eigenvalue weighted by Crippen LogP contribution is 2.59. The van der Waals surface area contributed by atoms with E-state index in [0.717, 1.165) is 35.4 Å². The Bertz CT molecular complexity index is 837. The molecule has 1 aromatic carbocycles. The molecule has 1 N–H and O–H groups in total. The number of piperidine rings is 1. The lowest BCUT2D eigenvalue weighted by Gasteiger charge is -2.32. The van der Waals surface area contributed by atoms with Gasteiger partial charge in [-0.05, 0) is 37.2 Å². The van der Waals surface area contributed by atoms with Crippen LogP contribution in [-0.4, -0.2) is 40.0 Å². The average molecular weight is 356 g/mol. The topological polar surface area (TPSA) is 70.5 Å². The third-order valence-corrected chi connectivity index (χ3v) is 6.51. The Kier molecular flexibility index (Phi) is 3.87. The fraction of sp³-hybridized carbons (Fsp3) is 0.421. The van der Waals surface area contributed by atoms with Crippen molar-refractivity contribution in [3.63, 3.8) is 0 Å². The van der Waals surface area contributed by atoms with Crippen molar-refractivity contribution in [2.24, 2.45) is 11.3 Å². The van der Waals surface area contributed by atoms with Crippen molar-refractivity contribution >= 4 is 23.2 Å². The largest absolute Gasteiger partial charge is 0.481 e. The van der Waals surface area contributed by atoms with Crippen molar-refractivity contribution in [2.75, 3.05) is 13.1 Å². The monoisotopic (exact) mass is 356 g/mol. The number of rotatable bonds is 3. The minimum absolute atomic E-state index is 0.0431. The molecule has 6 heteroatoms. The van der Waals surface area contributed by atoms with Crippen LogP contribution in [0, 0.1) is 18.3 Å². The van der Waals surface area contributed by atoms with Gasteiger partial charge >= 0.3 is 5.97 Å². The number of benzene rings is 1. The maximum absolute atomic E-state index is 12.7. The third kappa shape index (κ3) is 2.84. The van der Waals surface area contributed by atoms with Crippen molar-refractivity contribution < 1.29 is 14.7 Å². The molecule has 5 nitrogen and oxygen atoms in total. The Hall–Kier alpha value is -2.21. The first kappa shape index (κ1) is 16.3. The van der Waals surface area contributed by atoms with Crippen molar-refractivity contribution in [3.05, 3.63) is 40.9 Å². The Balaban J connectivity index is 1.45. The van der Waals surface area contributed by atoms with E-state index < -0.39 is 5.97 Å². The van der Waals surface area contributed by atoms with Gasteiger partial charge in [-0.1, -0.05) is 24.3 Å². The van der Waals surface area contributed by atoms with Crippen LogP contribution in [0.15, 0.2) is 29.6 Å². The van der Waals surface area contributed by atoms with Gasteiger partial charge in [0.15, 0.2) is 0 Å². The second-order valence-electron chi connectivity index (χ2n) is 7.10. The summed E-state index contributed by atoms with van der Waals surface area (Å²) in [5.74, 6) is -0.947. The number of carbonyl (C=O) groups excluding carboxylic acids is 1. The molecule has 1 saturated heterocycles. The summed E-state index contributed by atoms with van der Waals surface area (Å²) >= 11 is 1.49. The quantitative estimate of drug-likeness (QED) is 0.914. The maximum atomic E-state index is 12.7. The summed E-state index contributed by atoms with van der Waals surface area (Å²) in [4.78, 5) is 30.2. The minimum atomic E-state index is -0.692. The van der Waals surface area contributed by atoms with Crippen molar-refractivity contribution in [1.82, 2.24) is 9.88 Å². The first-order chi connectivity index (χ1) is 12.0. The molecule has 25 heavy (non-hydrogen) atoms. The Morgan fingerprint density at radius 3 is 2.64 bits per heavy atom. The van der Waals surface area contributed by atoms with E-state index in [1.165, 1.54) is 11.3 Å². The molecule has 1 aliphatic heterocycles. The normalized spacial score (nSPS) is 21.3. The second kappa shape index (κ2) is 5.95. The summed E-state index contributed by atoms with van der Waals surface area (Å²) < 4.78 is 0. The molecule has 1 aliphatic carbocycles. The predicted molar refractivity (Wildman–Crippen MR) is 95.6 cm³/mol. The molecule has 1 aromatic heterocycles. The van der Waals surface area contributed by atoms with E-state index in [0.29, 0.717) is 18.8 Å². The summed E-state index contributed by atoms with van der Waals surface area (Å²) in [5, 5.41) is 11.9. The Morgan fingerprint density at radius 2 is 2.00 bits per heavy atom. The van der Waals surface area contributed by atoms with E-state index in [1.54, 1.807) is 0 Å². The summed E-state index contributed by atoms with van der Waals surface area (Å²) in [6.07, 6.45) is 2.33. The van der Waals surface area contributed by atoms with Gasteiger partial charge in [0.1, 0.15) is 10.7 Å². The number of likely N-dealkylation sites (tertiary alicyclic amines) is 1. The van der Waals surface area contributed by atoms with E-state index >= 15 is 0 Å². The van der Waals surface area contributed by atoms with Crippen LogP contribution in [0.2, 0.25) is 0 Å².